The first-order chi connectivity index (χ1) is 21.8. The van der Waals surface area contributed by atoms with Crippen LogP contribution in [-0.2, 0) is 14.3 Å². The number of carbonyl (C=O) groups is 3. The number of fused-ring (bicyclic) bond motifs is 1. The third-order valence-electron chi connectivity index (χ3n) is 8.32. The highest BCUT2D eigenvalue weighted by Gasteiger charge is 2.35. The smallest absolute Gasteiger partial charge is 0.419 e. The Bertz CT molecular complexity index is 1760. The van der Waals surface area contributed by atoms with Crippen LogP contribution in [0.25, 0.3) is 27.8 Å². The van der Waals surface area contributed by atoms with E-state index in [4.69, 9.17) is 26.2 Å². The molecule has 1 amide bonds. The van der Waals surface area contributed by atoms with Crippen LogP contribution in [0.15, 0.2) is 54.7 Å². The van der Waals surface area contributed by atoms with Crippen molar-refractivity contribution in [3.63, 3.8) is 0 Å². The summed E-state index contributed by atoms with van der Waals surface area (Å²) in [4.78, 5) is 42.1. The van der Waals surface area contributed by atoms with Crippen LogP contribution >= 0.6 is 11.6 Å². The van der Waals surface area contributed by atoms with Gasteiger partial charge in [-0.15, -0.1) is 5.10 Å². The van der Waals surface area contributed by atoms with E-state index in [1.165, 1.54) is 4.57 Å². The number of aromatic nitrogens is 3. The Balaban J connectivity index is 1.56. The highest BCUT2D eigenvalue weighted by molar-refractivity contribution is 6.33. The van der Waals surface area contributed by atoms with Crippen molar-refractivity contribution in [2.75, 3.05) is 11.5 Å². The van der Waals surface area contributed by atoms with Gasteiger partial charge in [0, 0.05) is 29.1 Å². The van der Waals surface area contributed by atoms with E-state index in [-0.39, 0.29) is 35.9 Å². The van der Waals surface area contributed by atoms with E-state index in [1.807, 2.05) is 77.1 Å². The minimum absolute atomic E-state index is 0.0268. The molecule has 0 saturated heterocycles. The van der Waals surface area contributed by atoms with Crippen molar-refractivity contribution >= 4 is 46.3 Å². The summed E-state index contributed by atoms with van der Waals surface area (Å²) in [6.45, 7) is 13.5. The SMILES string of the molecule is CCOC(=O)c1cn(-c2ccc(-c3cc4ccccc4n3C(=O)OC(C)(C)C)c(Cl)c2)nc1N(C(=O)C1CCC(C)CC1)C(C)C. The maximum Gasteiger partial charge on any atom is 0.419 e. The first-order valence-electron chi connectivity index (χ1n) is 16.0. The number of anilines is 1. The fraction of sp³-hybridized carbons (Fsp3) is 0.444. The van der Waals surface area contributed by atoms with Gasteiger partial charge in [0.25, 0.3) is 0 Å². The van der Waals surface area contributed by atoms with Crippen LogP contribution in [-0.4, -0.2) is 50.6 Å². The summed E-state index contributed by atoms with van der Waals surface area (Å²) >= 11 is 6.92. The third-order valence-corrected chi connectivity index (χ3v) is 8.63. The van der Waals surface area contributed by atoms with Crippen LogP contribution in [0.5, 0.6) is 0 Å². The molecule has 0 spiro atoms. The molecule has 2 aromatic heterocycles. The Morgan fingerprint density at radius 3 is 2.37 bits per heavy atom. The number of rotatable bonds is 7. The quantitative estimate of drug-likeness (QED) is 0.186. The Kier molecular flexibility index (Phi) is 9.63. The maximum atomic E-state index is 13.9. The van der Waals surface area contributed by atoms with Gasteiger partial charge in [0.1, 0.15) is 11.2 Å². The molecule has 244 valence electrons. The fourth-order valence-corrected chi connectivity index (χ4v) is 6.32. The summed E-state index contributed by atoms with van der Waals surface area (Å²) in [5.74, 6) is 0.167. The lowest BCUT2D eigenvalue weighted by Gasteiger charge is -2.32. The number of carbonyl (C=O) groups excluding carboxylic acids is 3. The minimum Gasteiger partial charge on any atom is -0.462 e. The van der Waals surface area contributed by atoms with Gasteiger partial charge in [-0.1, -0.05) is 36.7 Å². The maximum absolute atomic E-state index is 13.9. The Hall–Kier alpha value is -4.11. The normalized spacial score (nSPS) is 16.9. The molecular weight excluding hydrogens is 604 g/mol. The number of halogens is 1. The van der Waals surface area contributed by atoms with Crippen LogP contribution in [0.1, 0.15) is 84.5 Å². The number of esters is 1. The molecule has 0 bridgehead atoms. The van der Waals surface area contributed by atoms with Crippen LogP contribution in [0.3, 0.4) is 0 Å². The van der Waals surface area contributed by atoms with Gasteiger partial charge < -0.3 is 9.47 Å². The van der Waals surface area contributed by atoms with Crippen molar-refractivity contribution in [3.05, 3.63) is 65.3 Å². The van der Waals surface area contributed by atoms with Gasteiger partial charge in [-0.25, -0.2) is 18.8 Å². The largest absolute Gasteiger partial charge is 0.462 e. The predicted molar refractivity (Wildman–Crippen MR) is 181 cm³/mol. The van der Waals surface area contributed by atoms with Crippen molar-refractivity contribution in [1.82, 2.24) is 14.3 Å². The standard InChI is InChI=1S/C36H43ClN4O5/c1-8-45-34(43)28-21-39(38-32(28)40(22(2)3)33(42)24-15-13-23(4)14-16-24)26-17-18-27(29(37)20-26)31-19-25-11-9-10-12-30(25)41(31)35(44)46-36(5,6)7/h9-12,17-24H,8,13-16H2,1-7H3. The van der Waals surface area contributed by atoms with Crippen molar-refractivity contribution in [2.45, 2.75) is 85.8 Å². The highest BCUT2D eigenvalue weighted by atomic mass is 35.5. The van der Waals surface area contributed by atoms with Gasteiger partial charge in [0.15, 0.2) is 5.82 Å². The van der Waals surface area contributed by atoms with E-state index in [9.17, 15) is 14.4 Å². The third kappa shape index (κ3) is 6.84. The molecule has 0 aliphatic heterocycles. The van der Waals surface area contributed by atoms with Crippen LogP contribution in [0.4, 0.5) is 10.6 Å². The number of ether oxygens (including phenoxy) is 2. The van der Waals surface area contributed by atoms with E-state index in [1.54, 1.807) is 28.8 Å². The molecular formula is C36H43ClN4O5. The second-order valence-electron chi connectivity index (χ2n) is 13.4. The van der Waals surface area contributed by atoms with Crippen molar-refractivity contribution in [2.24, 2.45) is 11.8 Å². The molecule has 0 radical (unpaired) electrons. The minimum atomic E-state index is -0.692. The Morgan fingerprint density at radius 1 is 1.04 bits per heavy atom. The predicted octanol–water partition coefficient (Wildman–Crippen LogP) is 8.68. The molecule has 1 aliphatic carbocycles. The molecule has 9 nitrogen and oxygen atoms in total. The molecule has 0 N–H and O–H groups in total. The summed E-state index contributed by atoms with van der Waals surface area (Å²) in [5, 5.41) is 6.02. The molecule has 1 fully saturated rings. The Morgan fingerprint density at radius 2 is 1.74 bits per heavy atom. The zero-order chi connectivity index (χ0) is 33.3. The first-order valence-corrected chi connectivity index (χ1v) is 16.4. The van der Waals surface area contributed by atoms with Crippen molar-refractivity contribution in [3.8, 4) is 16.9 Å². The average Bonchev–Trinajstić information content (AvgIpc) is 3.59. The van der Waals surface area contributed by atoms with Gasteiger partial charge >= 0.3 is 12.1 Å². The monoisotopic (exact) mass is 646 g/mol. The van der Waals surface area contributed by atoms with Gasteiger partial charge in [0.05, 0.1) is 28.5 Å². The molecule has 5 rings (SSSR count). The van der Waals surface area contributed by atoms with E-state index < -0.39 is 17.7 Å². The lowest BCUT2D eigenvalue weighted by Crippen LogP contribution is -2.43. The second-order valence-corrected chi connectivity index (χ2v) is 13.8. The van der Waals surface area contributed by atoms with E-state index in [2.05, 4.69) is 6.92 Å². The molecule has 1 saturated carbocycles. The molecule has 2 aromatic carbocycles. The van der Waals surface area contributed by atoms with Crippen LogP contribution < -0.4 is 4.90 Å². The van der Waals surface area contributed by atoms with E-state index in [0.29, 0.717) is 33.4 Å². The number of para-hydroxylation sites is 1. The molecule has 46 heavy (non-hydrogen) atoms. The van der Waals surface area contributed by atoms with Gasteiger partial charge in [-0.3, -0.25) is 9.69 Å². The van der Waals surface area contributed by atoms with E-state index >= 15 is 0 Å². The zero-order valence-electron chi connectivity index (χ0n) is 27.7. The summed E-state index contributed by atoms with van der Waals surface area (Å²) in [6, 6.07) is 14.6. The summed E-state index contributed by atoms with van der Waals surface area (Å²) in [7, 11) is 0. The molecule has 10 heteroatoms. The number of amides is 1. The van der Waals surface area contributed by atoms with Gasteiger partial charge in [-0.05, 0) is 103 Å². The lowest BCUT2D eigenvalue weighted by molar-refractivity contribution is -0.124. The number of hydrogen-bond acceptors (Lipinski definition) is 6. The molecule has 0 atom stereocenters. The van der Waals surface area contributed by atoms with Crippen LogP contribution in [0.2, 0.25) is 5.02 Å². The van der Waals surface area contributed by atoms with Crippen LogP contribution in [0, 0.1) is 11.8 Å². The lowest BCUT2D eigenvalue weighted by atomic mass is 9.82. The summed E-state index contributed by atoms with van der Waals surface area (Å²) < 4.78 is 14.2. The summed E-state index contributed by atoms with van der Waals surface area (Å²) in [5.41, 5.74) is 2.00. The van der Waals surface area contributed by atoms with Gasteiger partial charge in [-0.2, -0.15) is 0 Å². The van der Waals surface area contributed by atoms with Crippen molar-refractivity contribution < 1.29 is 23.9 Å². The highest BCUT2D eigenvalue weighted by Crippen LogP contribution is 2.36. The van der Waals surface area contributed by atoms with Gasteiger partial charge in [0.2, 0.25) is 5.91 Å². The summed E-state index contributed by atoms with van der Waals surface area (Å²) in [6.07, 6.45) is 4.71. The number of benzene rings is 2. The number of nitrogens with zero attached hydrogens (tertiary/aromatic N) is 4. The molecule has 1 aliphatic rings. The average molecular weight is 647 g/mol. The molecule has 0 unspecified atom stereocenters. The Labute approximate surface area is 275 Å². The molecule has 2 heterocycles. The topological polar surface area (TPSA) is 95.7 Å². The zero-order valence-corrected chi connectivity index (χ0v) is 28.4. The number of hydrogen-bond donors (Lipinski definition) is 0. The first kappa shape index (κ1) is 33.3. The molecule has 4 aromatic rings. The van der Waals surface area contributed by atoms with Crippen molar-refractivity contribution in [1.29, 1.82) is 0 Å². The fourth-order valence-electron chi connectivity index (χ4n) is 6.05. The second kappa shape index (κ2) is 13.3. The van der Waals surface area contributed by atoms with E-state index in [0.717, 1.165) is 31.1 Å².